The first-order valence-corrected chi connectivity index (χ1v) is 5.75. The van der Waals surface area contributed by atoms with Crippen molar-refractivity contribution in [2.75, 3.05) is 0 Å². The van der Waals surface area contributed by atoms with Crippen LogP contribution in [0.4, 0.5) is 0 Å². The van der Waals surface area contributed by atoms with E-state index < -0.39 is 0 Å². The van der Waals surface area contributed by atoms with Crippen molar-refractivity contribution in [1.29, 1.82) is 0 Å². The Morgan fingerprint density at radius 1 is 1.29 bits per heavy atom. The van der Waals surface area contributed by atoms with E-state index in [1.807, 2.05) is 24.3 Å². The lowest BCUT2D eigenvalue weighted by molar-refractivity contribution is 0.318. The normalized spacial score (nSPS) is 16.6. The molecule has 0 unspecified atom stereocenters. The summed E-state index contributed by atoms with van der Waals surface area (Å²) in [4.78, 5) is 0. The highest BCUT2D eigenvalue weighted by molar-refractivity contribution is 5.96. The third kappa shape index (κ3) is 3.07. The van der Waals surface area contributed by atoms with Gasteiger partial charge in [0.05, 0.1) is 0 Å². The van der Waals surface area contributed by atoms with Gasteiger partial charge in [0, 0.05) is 18.2 Å². The van der Waals surface area contributed by atoms with E-state index in [1.54, 1.807) is 0 Å². The van der Waals surface area contributed by atoms with Crippen molar-refractivity contribution in [2.24, 2.45) is 10.9 Å². The average Bonchev–Trinajstić information content (AvgIpc) is 2.89. The molecule has 1 aromatic carbocycles. The van der Waals surface area contributed by atoms with Crippen LogP contribution >= 0.6 is 0 Å². The second-order valence-corrected chi connectivity index (χ2v) is 4.20. The fraction of sp³-hybridized carbons (Fsp3) is 0.308. The Morgan fingerprint density at radius 2 is 1.94 bits per heavy atom. The summed E-state index contributed by atoms with van der Waals surface area (Å²) in [6.45, 7) is 0.850. The smallest absolute Gasteiger partial charge is 0.170 e. The molecule has 0 heterocycles. The summed E-state index contributed by atoms with van der Waals surface area (Å²) in [7, 11) is 0. The summed E-state index contributed by atoms with van der Waals surface area (Å²) >= 11 is 0. The molecule has 0 fully saturated rings. The molecule has 17 heavy (non-hydrogen) atoms. The van der Waals surface area contributed by atoms with Gasteiger partial charge < -0.3 is 16.3 Å². The molecule has 0 saturated heterocycles. The van der Waals surface area contributed by atoms with Crippen molar-refractivity contribution >= 4 is 5.84 Å². The van der Waals surface area contributed by atoms with Gasteiger partial charge in [0.2, 0.25) is 0 Å². The van der Waals surface area contributed by atoms with Crippen LogP contribution in [0.25, 0.3) is 0 Å². The van der Waals surface area contributed by atoms with Crippen molar-refractivity contribution in [1.82, 2.24) is 5.32 Å². The molecule has 0 aliphatic heterocycles. The van der Waals surface area contributed by atoms with E-state index in [-0.39, 0.29) is 5.84 Å². The third-order valence-electron chi connectivity index (χ3n) is 2.96. The molecule has 1 aromatic rings. The number of oxime groups is 1. The van der Waals surface area contributed by atoms with Gasteiger partial charge in [-0.3, -0.25) is 0 Å². The van der Waals surface area contributed by atoms with E-state index in [9.17, 15) is 0 Å². The number of nitrogens with two attached hydrogens (primary N) is 1. The SMILES string of the molecule is N/C(=N/O)c1ccc(CNC2CC=CC2)cc1. The molecule has 0 aromatic heterocycles. The molecule has 4 nitrogen and oxygen atoms in total. The molecule has 2 rings (SSSR count). The van der Waals surface area contributed by atoms with E-state index >= 15 is 0 Å². The Hall–Kier alpha value is -1.81. The lowest BCUT2D eigenvalue weighted by Crippen LogP contribution is -2.25. The van der Waals surface area contributed by atoms with Gasteiger partial charge in [-0.15, -0.1) is 0 Å². The van der Waals surface area contributed by atoms with Gasteiger partial charge in [0.1, 0.15) is 0 Å². The molecule has 0 radical (unpaired) electrons. The van der Waals surface area contributed by atoms with Gasteiger partial charge in [-0.2, -0.15) is 0 Å². The molecule has 0 saturated carbocycles. The van der Waals surface area contributed by atoms with E-state index in [1.165, 1.54) is 5.56 Å². The second-order valence-electron chi connectivity index (χ2n) is 4.20. The van der Waals surface area contributed by atoms with Crippen molar-refractivity contribution in [3.05, 3.63) is 47.5 Å². The highest BCUT2D eigenvalue weighted by Crippen LogP contribution is 2.11. The number of amidine groups is 1. The summed E-state index contributed by atoms with van der Waals surface area (Å²) in [6, 6.07) is 8.27. The monoisotopic (exact) mass is 231 g/mol. The molecule has 0 amide bonds. The van der Waals surface area contributed by atoms with Crippen LogP contribution in [0.3, 0.4) is 0 Å². The Labute approximate surface area is 101 Å². The number of hydrogen-bond donors (Lipinski definition) is 3. The van der Waals surface area contributed by atoms with Gasteiger partial charge in [-0.25, -0.2) is 0 Å². The summed E-state index contributed by atoms with van der Waals surface area (Å²) < 4.78 is 0. The fourth-order valence-electron chi connectivity index (χ4n) is 1.90. The van der Waals surface area contributed by atoms with Crippen LogP contribution in [0.5, 0.6) is 0 Å². The molecule has 90 valence electrons. The highest BCUT2D eigenvalue weighted by Gasteiger charge is 2.08. The highest BCUT2D eigenvalue weighted by atomic mass is 16.4. The van der Waals surface area contributed by atoms with E-state index in [4.69, 9.17) is 10.9 Å². The predicted molar refractivity (Wildman–Crippen MR) is 68.0 cm³/mol. The number of rotatable bonds is 4. The molecule has 4 N–H and O–H groups in total. The largest absolute Gasteiger partial charge is 0.409 e. The van der Waals surface area contributed by atoms with Crippen LogP contribution in [0.1, 0.15) is 24.0 Å². The topological polar surface area (TPSA) is 70.6 Å². The zero-order valence-electron chi connectivity index (χ0n) is 9.63. The predicted octanol–water partition coefficient (Wildman–Crippen LogP) is 1.59. The molecule has 1 aliphatic rings. The Morgan fingerprint density at radius 3 is 2.53 bits per heavy atom. The Bertz CT molecular complexity index is 415. The third-order valence-corrected chi connectivity index (χ3v) is 2.96. The van der Waals surface area contributed by atoms with Crippen LogP contribution in [0, 0.1) is 0 Å². The maximum Gasteiger partial charge on any atom is 0.170 e. The van der Waals surface area contributed by atoms with E-state index in [0.29, 0.717) is 6.04 Å². The van der Waals surface area contributed by atoms with Crippen LogP contribution in [-0.2, 0) is 6.54 Å². The van der Waals surface area contributed by atoms with Crippen LogP contribution in [-0.4, -0.2) is 17.1 Å². The standard InChI is InChI=1S/C13H17N3O/c14-13(16-17)11-7-5-10(6-8-11)9-15-12-3-1-2-4-12/h1-2,5-8,12,15,17H,3-4,9H2,(H2,14,16). The number of nitrogens with one attached hydrogen (secondary N) is 1. The Kier molecular flexibility index (Phi) is 3.77. The molecular weight excluding hydrogens is 214 g/mol. The van der Waals surface area contributed by atoms with Crippen molar-refractivity contribution in [3.8, 4) is 0 Å². The van der Waals surface area contributed by atoms with Crippen LogP contribution < -0.4 is 11.1 Å². The average molecular weight is 231 g/mol. The first-order valence-electron chi connectivity index (χ1n) is 5.75. The minimum absolute atomic E-state index is 0.143. The molecule has 0 bridgehead atoms. The zero-order valence-corrected chi connectivity index (χ0v) is 9.63. The van der Waals surface area contributed by atoms with E-state index in [0.717, 1.165) is 24.9 Å². The van der Waals surface area contributed by atoms with Crippen LogP contribution in [0.2, 0.25) is 0 Å². The van der Waals surface area contributed by atoms with Gasteiger partial charge >= 0.3 is 0 Å². The number of nitrogens with zero attached hydrogens (tertiary/aromatic N) is 1. The fourth-order valence-corrected chi connectivity index (χ4v) is 1.90. The molecular formula is C13H17N3O. The zero-order chi connectivity index (χ0) is 12.1. The molecule has 4 heteroatoms. The molecule has 0 spiro atoms. The minimum atomic E-state index is 0.143. The lowest BCUT2D eigenvalue weighted by Gasteiger charge is -2.11. The van der Waals surface area contributed by atoms with Gasteiger partial charge in [0.25, 0.3) is 0 Å². The van der Waals surface area contributed by atoms with Crippen LogP contribution in [0.15, 0.2) is 41.6 Å². The molecule has 0 atom stereocenters. The van der Waals surface area contributed by atoms with Gasteiger partial charge in [0.15, 0.2) is 5.84 Å². The maximum atomic E-state index is 8.55. The summed E-state index contributed by atoms with van der Waals surface area (Å²) in [6.07, 6.45) is 6.64. The Balaban J connectivity index is 1.89. The van der Waals surface area contributed by atoms with Crippen molar-refractivity contribution in [3.63, 3.8) is 0 Å². The summed E-state index contributed by atoms with van der Waals surface area (Å²) in [5.41, 5.74) is 7.43. The van der Waals surface area contributed by atoms with Gasteiger partial charge in [-0.05, 0) is 18.4 Å². The summed E-state index contributed by atoms with van der Waals surface area (Å²) in [5, 5.41) is 15.0. The number of benzene rings is 1. The lowest BCUT2D eigenvalue weighted by atomic mass is 10.1. The maximum absolute atomic E-state index is 8.55. The molecule has 1 aliphatic carbocycles. The van der Waals surface area contributed by atoms with Crippen molar-refractivity contribution < 1.29 is 5.21 Å². The van der Waals surface area contributed by atoms with Crippen molar-refractivity contribution in [2.45, 2.75) is 25.4 Å². The minimum Gasteiger partial charge on any atom is -0.409 e. The summed E-state index contributed by atoms with van der Waals surface area (Å²) in [5.74, 6) is 0.143. The quantitative estimate of drug-likeness (QED) is 0.242. The van der Waals surface area contributed by atoms with E-state index in [2.05, 4.69) is 22.6 Å². The number of hydrogen-bond acceptors (Lipinski definition) is 3. The first kappa shape index (κ1) is 11.7. The first-order chi connectivity index (χ1) is 8.29. The van der Waals surface area contributed by atoms with Gasteiger partial charge in [-0.1, -0.05) is 41.6 Å². The second kappa shape index (κ2) is 5.50.